The van der Waals surface area contributed by atoms with Gasteiger partial charge in [0, 0.05) is 25.2 Å². The first-order valence-electron chi connectivity index (χ1n) is 7.37. The zero-order valence-corrected chi connectivity index (χ0v) is 10.2. The highest BCUT2D eigenvalue weighted by molar-refractivity contribution is 5.01. The second-order valence-corrected chi connectivity index (χ2v) is 6.66. The van der Waals surface area contributed by atoms with Gasteiger partial charge in [-0.2, -0.15) is 0 Å². The summed E-state index contributed by atoms with van der Waals surface area (Å²) in [4.78, 5) is 2.86. The summed E-state index contributed by atoms with van der Waals surface area (Å²) in [7, 11) is 0. The lowest BCUT2D eigenvalue weighted by atomic mass is 9.93. The van der Waals surface area contributed by atoms with Gasteiger partial charge in [-0.15, -0.1) is 0 Å². The number of fused-ring (bicyclic) bond motifs is 3. The Labute approximate surface area is 98.8 Å². The van der Waals surface area contributed by atoms with Gasteiger partial charge in [0.15, 0.2) is 0 Å². The van der Waals surface area contributed by atoms with Crippen LogP contribution >= 0.6 is 0 Å². The number of rotatable bonds is 1. The predicted molar refractivity (Wildman–Crippen MR) is 65.3 cm³/mol. The molecule has 4 fully saturated rings. The molecule has 2 saturated carbocycles. The summed E-state index contributed by atoms with van der Waals surface area (Å²) >= 11 is 0. The molecule has 2 nitrogen and oxygen atoms in total. The van der Waals surface area contributed by atoms with E-state index in [2.05, 4.69) is 10.2 Å². The molecule has 5 unspecified atom stereocenters. The summed E-state index contributed by atoms with van der Waals surface area (Å²) in [6.45, 7) is 4.04. The molecule has 0 aromatic rings. The van der Waals surface area contributed by atoms with Gasteiger partial charge in [-0.1, -0.05) is 6.42 Å². The van der Waals surface area contributed by atoms with E-state index < -0.39 is 0 Å². The zero-order chi connectivity index (χ0) is 10.5. The Hall–Kier alpha value is -0.0800. The summed E-state index contributed by atoms with van der Waals surface area (Å²) in [6.07, 6.45) is 9.06. The third-order valence-electron chi connectivity index (χ3n) is 5.80. The van der Waals surface area contributed by atoms with E-state index in [-0.39, 0.29) is 0 Å². The van der Waals surface area contributed by atoms with Gasteiger partial charge in [-0.05, 0) is 56.4 Å². The molecular formula is C14H24N2. The fraction of sp³-hybridized carbons (Fsp3) is 1.00. The largest absolute Gasteiger partial charge is 0.312 e. The maximum Gasteiger partial charge on any atom is 0.0235 e. The molecule has 2 aliphatic heterocycles. The average Bonchev–Trinajstić information content (AvgIpc) is 3.02. The Morgan fingerprint density at radius 2 is 1.94 bits per heavy atom. The first-order valence-corrected chi connectivity index (χ1v) is 7.37. The lowest BCUT2D eigenvalue weighted by molar-refractivity contribution is 0.168. The van der Waals surface area contributed by atoms with Crippen LogP contribution in [0.5, 0.6) is 0 Å². The molecule has 4 rings (SSSR count). The molecule has 16 heavy (non-hydrogen) atoms. The Bertz CT molecular complexity index is 264. The molecule has 0 aromatic carbocycles. The van der Waals surface area contributed by atoms with Crippen molar-refractivity contribution >= 4 is 0 Å². The third-order valence-corrected chi connectivity index (χ3v) is 5.80. The number of nitrogens with one attached hydrogen (secondary N) is 1. The van der Waals surface area contributed by atoms with Crippen LogP contribution in [0.15, 0.2) is 0 Å². The second-order valence-electron chi connectivity index (χ2n) is 6.66. The number of hydrogen-bond donors (Lipinski definition) is 1. The fourth-order valence-corrected chi connectivity index (χ4v) is 5.01. The van der Waals surface area contributed by atoms with Crippen LogP contribution < -0.4 is 5.32 Å². The van der Waals surface area contributed by atoms with Crippen LogP contribution in [0.3, 0.4) is 0 Å². The summed E-state index contributed by atoms with van der Waals surface area (Å²) < 4.78 is 0. The van der Waals surface area contributed by atoms with E-state index in [0.717, 1.165) is 29.8 Å². The molecule has 0 spiro atoms. The summed E-state index contributed by atoms with van der Waals surface area (Å²) in [5.41, 5.74) is 0. The SMILES string of the molecule is C1CNC2CN(C3CC4CCC3C4)CC2C1. The monoisotopic (exact) mass is 220 g/mol. The van der Waals surface area contributed by atoms with Crippen LogP contribution in [0.4, 0.5) is 0 Å². The fourth-order valence-electron chi connectivity index (χ4n) is 5.01. The van der Waals surface area contributed by atoms with E-state index in [1.54, 1.807) is 12.8 Å². The van der Waals surface area contributed by atoms with Crippen molar-refractivity contribution < 1.29 is 0 Å². The van der Waals surface area contributed by atoms with E-state index in [1.807, 2.05) is 0 Å². The van der Waals surface area contributed by atoms with Crippen molar-refractivity contribution in [2.75, 3.05) is 19.6 Å². The topological polar surface area (TPSA) is 15.3 Å². The Morgan fingerprint density at radius 1 is 0.938 bits per heavy atom. The zero-order valence-electron chi connectivity index (χ0n) is 10.2. The van der Waals surface area contributed by atoms with Gasteiger partial charge in [0.05, 0.1) is 0 Å². The van der Waals surface area contributed by atoms with Crippen LogP contribution in [0.25, 0.3) is 0 Å². The maximum absolute atomic E-state index is 3.74. The smallest absolute Gasteiger partial charge is 0.0235 e. The van der Waals surface area contributed by atoms with Crippen molar-refractivity contribution in [2.45, 2.75) is 50.6 Å². The molecule has 1 N–H and O–H groups in total. The van der Waals surface area contributed by atoms with Crippen molar-refractivity contribution in [2.24, 2.45) is 17.8 Å². The molecule has 2 bridgehead atoms. The minimum absolute atomic E-state index is 0.841. The molecule has 2 saturated heterocycles. The molecule has 0 aromatic heterocycles. The Morgan fingerprint density at radius 3 is 2.69 bits per heavy atom. The Balaban J connectivity index is 1.45. The van der Waals surface area contributed by atoms with Gasteiger partial charge in [-0.25, -0.2) is 0 Å². The normalized spacial score (nSPS) is 52.1. The standard InChI is InChI=1S/C14H24N2/c1-2-12-8-16(9-13(12)15-5-1)14-7-10-3-4-11(14)6-10/h10-15H,1-9H2. The quantitative estimate of drug-likeness (QED) is 0.725. The summed E-state index contributed by atoms with van der Waals surface area (Å²) in [5, 5.41) is 3.74. The van der Waals surface area contributed by atoms with Crippen molar-refractivity contribution in [3.05, 3.63) is 0 Å². The van der Waals surface area contributed by atoms with Crippen LogP contribution in [0.1, 0.15) is 38.5 Å². The molecule has 0 radical (unpaired) electrons. The maximum atomic E-state index is 3.74. The minimum atomic E-state index is 0.841. The molecule has 2 heterocycles. The van der Waals surface area contributed by atoms with Crippen molar-refractivity contribution in [1.29, 1.82) is 0 Å². The van der Waals surface area contributed by atoms with Gasteiger partial charge in [0.2, 0.25) is 0 Å². The lowest BCUT2D eigenvalue weighted by Crippen LogP contribution is -2.42. The highest BCUT2D eigenvalue weighted by Gasteiger charge is 2.46. The average molecular weight is 220 g/mol. The van der Waals surface area contributed by atoms with Gasteiger partial charge < -0.3 is 5.32 Å². The Kier molecular flexibility index (Phi) is 2.29. The highest BCUT2D eigenvalue weighted by atomic mass is 15.2. The van der Waals surface area contributed by atoms with Crippen molar-refractivity contribution in [3.63, 3.8) is 0 Å². The second kappa shape index (κ2) is 3.71. The van der Waals surface area contributed by atoms with Crippen molar-refractivity contribution in [1.82, 2.24) is 10.2 Å². The van der Waals surface area contributed by atoms with Gasteiger partial charge >= 0.3 is 0 Å². The van der Waals surface area contributed by atoms with Crippen LogP contribution in [-0.2, 0) is 0 Å². The van der Waals surface area contributed by atoms with Gasteiger partial charge in [0.25, 0.3) is 0 Å². The lowest BCUT2D eigenvalue weighted by Gasteiger charge is -2.31. The molecule has 2 aliphatic carbocycles. The van der Waals surface area contributed by atoms with Gasteiger partial charge in [0.1, 0.15) is 0 Å². The number of likely N-dealkylation sites (tertiary alicyclic amines) is 1. The van der Waals surface area contributed by atoms with E-state index in [4.69, 9.17) is 0 Å². The molecular weight excluding hydrogens is 196 g/mol. The number of nitrogens with zero attached hydrogens (tertiary/aromatic N) is 1. The van der Waals surface area contributed by atoms with Crippen molar-refractivity contribution in [3.8, 4) is 0 Å². The summed E-state index contributed by atoms with van der Waals surface area (Å²) in [5.74, 6) is 3.16. The first-order chi connectivity index (χ1) is 7.90. The van der Waals surface area contributed by atoms with E-state index in [1.165, 1.54) is 45.3 Å². The highest BCUT2D eigenvalue weighted by Crippen LogP contribution is 2.47. The van der Waals surface area contributed by atoms with Crippen LogP contribution in [0.2, 0.25) is 0 Å². The minimum Gasteiger partial charge on any atom is -0.312 e. The van der Waals surface area contributed by atoms with Crippen LogP contribution in [0, 0.1) is 17.8 Å². The number of piperidine rings is 1. The van der Waals surface area contributed by atoms with E-state index >= 15 is 0 Å². The molecule has 4 aliphatic rings. The van der Waals surface area contributed by atoms with E-state index in [9.17, 15) is 0 Å². The van der Waals surface area contributed by atoms with Gasteiger partial charge in [-0.3, -0.25) is 4.90 Å². The first kappa shape index (κ1) is 9.90. The molecule has 0 amide bonds. The summed E-state index contributed by atoms with van der Waals surface area (Å²) in [6, 6.07) is 1.82. The van der Waals surface area contributed by atoms with E-state index in [0.29, 0.717) is 0 Å². The number of hydrogen-bond acceptors (Lipinski definition) is 2. The van der Waals surface area contributed by atoms with Crippen LogP contribution in [-0.4, -0.2) is 36.6 Å². The predicted octanol–water partition coefficient (Wildman–Crippen LogP) is 1.86. The molecule has 90 valence electrons. The molecule has 5 atom stereocenters. The molecule has 2 heteroatoms. The third kappa shape index (κ3) is 1.46.